The Balaban J connectivity index is 1.75. The first-order chi connectivity index (χ1) is 16.3. The number of Topliss-reactive ketones (excluding diaryl/α,β-unsaturated/α-hetero) is 1. The molecule has 10 heteroatoms. The lowest BCUT2D eigenvalue weighted by Gasteiger charge is -2.18. The Hall–Kier alpha value is -3.47. The van der Waals surface area contributed by atoms with E-state index in [1.165, 1.54) is 42.6 Å². The van der Waals surface area contributed by atoms with Crippen molar-refractivity contribution in [3.8, 4) is 0 Å². The summed E-state index contributed by atoms with van der Waals surface area (Å²) < 4.78 is 39.6. The fourth-order valence-corrected chi connectivity index (χ4v) is 4.14. The number of aromatic nitrogens is 1. The summed E-state index contributed by atoms with van der Waals surface area (Å²) in [6.07, 6.45) is 1.45. The lowest BCUT2D eigenvalue weighted by Crippen LogP contribution is -2.43. The van der Waals surface area contributed by atoms with Crippen molar-refractivity contribution in [3.05, 3.63) is 95.4 Å². The SMILES string of the molecule is O=C(N[C@@H](Cc1ccccc1)C(=O)Cc1ccc(S(=O)(=O)NCCO)nc1)c1ccc(F)cc1. The highest BCUT2D eigenvalue weighted by atomic mass is 32.2. The van der Waals surface area contributed by atoms with E-state index < -0.39 is 27.8 Å². The zero-order valence-electron chi connectivity index (χ0n) is 18.1. The number of hydrogen-bond donors (Lipinski definition) is 3. The minimum Gasteiger partial charge on any atom is -0.395 e. The smallest absolute Gasteiger partial charge is 0.258 e. The van der Waals surface area contributed by atoms with Crippen LogP contribution in [0.25, 0.3) is 0 Å². The van der Waals surface area contributed by atoms with Crippen LogP contribution in [0.4, 0.5) is 4.39 Å². The number of carbonyl (C=O) groups is 2. The van der Waals surface area contributed by atoms with Crippen molar-refractivity contribution >= 4 is 21.7 Å². The first-order valence-corrected chi connectivity index (χ1v) is 12.0. The van der Waals surface area contributed by atoms with E-state index in [9.17, 15) is 22.4 Å². The van der Waals surface area contributed by atoms with Crippen molar-refractivity contribution in [3.63, 3.8) is 0 Å². The summed E-state index contributed by atoms with van der Waals surface area (Å²) in [4.78, 5) is 29.7. The summed E-state index contributed by atoms with van der Waals surface area (Å²) in [6.45, 7) is -0.489. The summed E-state index contributed by atoms with van der Waals surface area (Å²) in [5.74, 6) is -1.28. The summed E-state index contributed by atoms with van der Waals surface area (Å²) in [7, 11) is -3.86. The zero-order valence-corrected chi connectivity index (χ0v) is 19.0. The van der Waals surface area contributed by atoms with Crippen LogP contribution >= 0.6 is 0 Å². The van der Waals surface area contributed by atoms with Crippen LogP contribution in [0.2, 0.25) is 0 Å². The molecule has 0 radical (unpaired) electrons. The van der Waals surface area contributed by atoms with E-state index >= 15 is 0 Å². The highest BCUT2D eigenvalue weighted by Gasteiger charge is 2.23. The second kappa shape index (κ2) is 11.6. The summed E-state index contributed by atoms with van der Waals surface area (Å²) in [6, 6.07) is 16.0. The summed E-state index contributed by atoms with van der Waals surface area (Å²) >= 11 is 0. The van der Waals surface area contributed by atoms with Gasteiger partial charge in [-0.2, -0.15) is 0 Å². The van der Waals surface area contributed by atoms with E-state index in [4.69, 9.17) is 5.11 Å². The molecule has 1 amide bonds. The van der Waals surface area contributed by atoms with E-state index in [0.717, 1.165) is 5.56 Å². The van der Waals surface area contributed by atoms with Gasteiger partial charge in [0, 0.05) is 24.7 Å². The van der Waals surface area contributed by atoms with Gasteiger partial charge in [-0.3, -0.25) is 9.59 Å². The number of nitrogens with one attached hydrogen (secondary N) is 2. The number of carbonyl (C=O) groups excluding carboxylic acids is 2. The lowest BCUT2D eigenvalue weighted by molar-refractivity contribution is -0.120. The maximum Gasteiger partial charge on any atom is 0.258 e. The number of aliphatic hydroxyl groups is 1. The monoisotopic (exact) mass is 485 g/mol. The van der Waals surface area contributed by atoms with Crippen molar-refractivity contribution < 1.29 is 27.5 Å². The molecule has 3 N–H and O–H groups in total. The van der Waals surface area contributed by atoms with Gasteiger partial charge >= 0.3 is 0 Å². The molecule has 1 aromatic heterocycles. The highest BCUT2D eigenvalue weighted by molar-refractivity contribution is 7.89. The zero-order chi connectivity index (χ0) is 24.6. The average molecular weight is 486 g/mol. The molecule has 0 aliphatic rings. The van der Waals surface area contributed by atoms with Crippen molar-refractivity contribution in [1.29, 1.82) is 0 Å². The van der Waals surface area contributed by atoms with Gasteiger partial charge in [0.25, 0.3) is 15.9 Å². The van der Waals surface area contributed by atoms with E-state index in [2.05, 4.69) is 15.0 Å². The first-order valence-electron chi connectivity index (χ1n) is 10.5. The number of ketones is 1. The number of hydrogen-bond acceptors (Lipinski definition) is 6. The van der Waals surface area contributed by atoms with Crippen molar-refractivity contribution in [2.45, 2.75) is 23.9 Å². The third-order valence-corrected chi connectivity index (χ3v) is 6.31. The van der Waals surface area contributed by atoms with Crippen LogP contribution in [-0.4, -0.2) is 49.4 Å². The second-order valence-electron chi connectivity index (χ2n) is 7.49. The van der Waals surface area contributed by atoms with Crippen LogP contribution in [0.15, 0.2) is 78.0 Å². The Kier molecular flexibility index (Phi) is 8.58. The van der Waals surface area contributed by atoms with Crippen molar-refractivity contribution in [2.75, 3.05) is 13.2 Å². The number of halogens is 1. The molecular weight excluding hydrogens is 461 g/mol. The number of amides is 1. The number of rotatable bonds is 11. The molecule has 1 atom stereocenters. The molecule has 0 unspecified atom stereocenters. The molecule has 3 aromatic rings. The average Bonchev–Trinajstić information content (AvgIpc) is 2.83. The van der Waals surface area contributed by atoms with E-state index in [1.54, 1.807) is 0 Å². The van der Waals surface area contributed by atoms with E-state index in [1.807, 2.05) is 30.3 Å². The van der Waals surface area contributed by atoms with E-state index in [0.29, 0.717) is 5.56 Å². The Morgan fingerprint density at radius 3 is 2.29 bits per heavy atom. The molecule has 0 aliphatic heterocycles. The quantitative estimate of drug-likeness (QED) is 0.379. The molecule has 0 aliphatic carbocycles. The van der Waals surface area contributed by atoms with Crippen LogP contribution in [0.3, 0.4) is 0 Å². The fourth-order valence-electron chi connectivity index (χ4n) is 3.19. The molecule has 0 bridgehead atoms. The maximum atomic E-state index is 13.2. The van der Waals surface area contributed by atoms with Crippen LogP contribution in [0, 0.1) is 5.82 Å². The highest BCUT2D eigenvalue weighted by Crippen LogP contribution is 2.12. The van der Waals surface area contributed by atoms with Crippen molar-refractivity contribution in [1.82, 2.24) is 15.0 Å². The number of benzene rings is 2. The summed E-state index contributed by atoms with van der Waals surface area (Å²) in [5.41, 5.74) is 1.54. The Bertz CT molecular complexity index is 1220. The molecule has 2 aromatic carbocycles. The Labute approximate surface area is 196 Å². The van der Waals surface area contributed by atoms with Crippen LogP contribution in [0.1, 0.15) is 21.5 Å². The normalized spacial score (nSPS) is 12.2. The number of aliphatic hydroxyl groups excluding tert-OH is 1. The topological polar surface area (TPSA) is 125 Å². The molecule has 178 valence electrons. The summed E-state index contributed by atoms with van der Waals surface area (Å²) in [5, 5.41) is 11.3. The lowest BCUT2D eigenvalue weighted by atomic mass is 9.98. The standard InChI is InChI=1S/C24H24FN3O5S/c25-20-9-7-19(8-10-20)24(31)28-21(14-17-4-2-1-3-5-17)22(30)15-18-6-11-23(26-16-18)34(32,33)27-12-13-29/h1-11,16,21,27,29H,12-15H2,(H,28,31)/t21-/m0/s1. The van der Waals surface area contributed by atoms with Crippen molar-refractivity contribution in [2.24, 2.45) is 0 Å². The minimum atomic E-state index is -3.86. The predicted molar refractivity (Wildman–Crippen MR) is 123 cm³/mol. The van der Waals surface area contributed by atoms with Gasteiger partial charge in [0.1, 0.15) is 5.82 Å². The maximum absolute atomic E-state index is 13.2. The van der Waals surface area contributed by atoms with Gasteiger partial charge < -0.3 is 10.4 Å². The van der Waals surface area contributed by atoms with Gasteiger partial charge in [0.2, 0.25) is 0 Å². The van der Waals surface area contributed by atoms with Gasteiger partial charge in [0.15, 0.2) is 10.8 Å². The number of nitrogens with zero attached hydrogens (tertiary/aromatic N) is 1. The van der Waals surface area contributed by atoms with Crippen LogP contribution < -0.4 is 10.0 Å². The molecular formula is C24H24FN3O5S. The Morgan fingerprint density at radius 1 is 0.971 bits per heavy atom. The molecule has 34 heavy (non-hydrogen) atoms. The third kappa shape index (κ3) is 7.01. The molecule has 3 rings (SSSR count). The molecule has 0 spiro atoms. The molecule has 1 heterocycles. The largest absolute Gasteiger partial charge is 0.395 e. The Morgan fingerprint density at radius 2 is 1.68 bits per heavy atom. The van der Waals surface area contributed by atoms with Gasteiger partial charge in [-0.1, -0.05) is 36.4 Å². The minimum absolute atomic E-state index is 0.0847. The third-order valence-electron chi connectivity index (χ3n) is 4.94. The first kappa shape index (κ1) is 25.2. The molecule has 0 saturated heterocycles. The van der Waals surface area contributed by atoms with Crippen LogP contribution in [0.5, 0.6) is 0 Å². The fraction of sp³-hybridized carbons (Fsp3) is 0.208. The predicted octanol–water partition coefficient (Wildman–Crippen LogP) is 1.64. The molecule has 0 saturated carbocycles. The second-order valence-corrected chi connectivity index (χ2v) is 9.21. The van der Waals surface area contributed by atoms with Gasteiger partial charge in [-0.25, -0.2) is 22.5 Å². The van der Waals surface area contributed by atoms with Gasteiger partial charge in [-0.15, -0.1) is 0 Å². The number of sulfonamides is 1. The van der Waals surface area contributed by atoms with Gasteiger partial charge in [-0.05, 0) is 47.9 Å². The number of pyridine rings is 1. The van der Waals surface area contributed by atoms with Crippen LogP contribution in [-0.2, 0) is 27.7 Å². The molecule has 0 fully saturated rings. The van der Waals surface area contributed by atoms with Gasteiger partial charge in [0.05, 0.1) is 12.6 Å². The van der Waals surface area contributed by atoms with E-state index in [-0.39, 0.29) is 42.4 Å². The molecule has 8 nitrogen and oxygen atoms in total.